The first-order valence-corrected chi connectivity index (χ1v) is 7.79. The molecule has 0 aliphatic carbocycles. The third kappa shape index (κ3) is 11.7. The van der Waals surface area contributed by atoms with Gasteiger partial charge in [0.25, 0.3) is 0 Å². The Bertz CT molecular complexity index is 274. The fourth-order valence-electron chi connectivity index (χ4n) is 1.48. The summed E-state index contributed by atoms with van der Waals surface area (Å²) in [6.45, 7) is 12.8. The van der Waals surface area contributed by atoms with Gasteiger partial charge in [0, 0.05) is 39.0 Å². The van der Waals surface area contributed by atoms with Gasteiger partial charge in [0.2, 0.25) is 5.91 Å². The molecule has 0 saturated heterocycles. The first-order chi connectivity index (χ1) is 9.75. The van der Waals surface area contributed by atoms with Crippen LogP contribution in [0.3, 0.4) is 0 Å². The molecule has 0 N–H and O–H groups in total. The zero-order valence-corrected chi connectivity index (χ0v) is 14.6. The predicted molar refractivity (Wildman–Crippen MR) is 84.5 cm³/mol. The monoisotopic (exact) mass is 303 g/mol. The zero-order valence-electron chi connectivity index (χ0n) is 14.6. The van der Waals surface area contributed by atoms with Gasteiger partial charge in [0.1, 0.15) is 6.61 Å². The van der Waals surface area contributed by atoms with Crippen molar-refractivity contribution in [1.82, 2.24) is 4.90 Å². The Morgan fingerprint density at radius 3 is 2.05 bits per heavy atom. The minimum atomic E-state index is -0.165. The molecular weight excluding hydrogens is 270 g/mol. The van der Waals surface area contributed by atoms with E-state index in [1.165, 1.54) is 0 Å². The summed E-state index contributed by atoms with van der Waals surface area (Å²) in [6.07, 6.45) is 1.99. The molecule has 0 rings (SSSR count). The molecule has 5 nitrogen and oxygen atoms in total. The van der Waals surface area contributed by atoms with Crippen LogP contribution in [0.2, 0.25) is 0 Å². The van der Waals surface area contributed by atoms with Crippen LogP contribution < -0.4 is 0 Å². The number of hydrogen-bond acceptors (Lipinski definition) is 4. The van der Waals surface area contributed by atoms with Crippen LogP contribution in [-0.4, -0.2) is 62.5 Å². The Hall–Kier alpha value is -0.650. The molecule has 0 aliphatic heterocycles. The van der Waals surface area contributed by atoms with Gasteiger partial charge in [-0.15, -0.1) is 0 Å². The number of carbonyl (C=O) groups is 1. The molecule has 0 aromatic carbocycles. The molecule has 0 bridgehead atoms. The maximum Gasteiger partial charge on any atom is 0.248 e. The van der Waals surface area contributed by atoms with E-state index < -0.39 is 0 Å². The SMILES string of the molecule is CC(C)OCCCOCCCOCC(=O)N(C)C(C)(C)C. The second-order valence-electron chi connectivity index (χ2n) is 6.42. The molecule has 0 aliphatic rings. The smallest absolute Gasteiger partial charge is 0.248 e. The highest BCUT2D eigenvalue weighted by molar-refractivity contribution is 5.77. The van der Waals surface area contributed by atoms with Crippen LogP contribution in [0.5, 0.6) is 0 Å². The van der Waals surface area contributed by atoms with E-state index in [1.807, 2.05) is 34.6 Å². The second-order valence-corrected chi connectivity index (χ2v) is 6.42. The van der Waals surface area contributed by atoms with Gasteiger partial charge in [-0.25, -0.2) is 0 Å². The summed E-state index contributed by atoms with van der Waals surface area (Å²) in [5.74, 6) is 0.00857. The summed E-state index contributed by atoms with van der Waals surface area (Å²) in [4.78, 5) is 13.5. The maximum atomic E-state index is 11.8. The number of nitrogens with zero attached hydrogens (tertiary/aromatic N) is 1. The van der Waals surface area contributed by atoms with E-state index >= 15 is 0 Å². The van der Waals surface area contributed by atoms with E-state index in [9.17, 15) is 4.79 Å². The van der Waals surface area contributed by atoms with Gasteiger partial charge in [-0.1, -0.05) is 0 Å². The molecule has 1 amide bonds. The summed E-state index contributed by atoms with van der Waals surface area (Å²) in [5, 5.41) is 0. The molecule has 0 radical (unpaired) electrons. The molecule has 0 heterocycles. The normalized spacial score (nSPS) is 12.0. The molecule has 0 unspecified atom stereocenters. The fourth-order valence-corrected chi connectivity index (χ4v) is 1.48. The van der Waals surface area contributed by atoms with Crippen molar-refractivity contribution in [3.05, 3.63) is 0 Å². The highest BCUT2D eigenvalue weighted by Crippen LogP contribution is 2.10. The molecule has 0 spiro atoms. The number of carbonyl (C=O) groups excluding carboxylic acids is 1. The van der Waals surface area contributed by atoms with Gasteiger partial charge in [0.05, 0.1) is 6.10 Å². The van der Waals surface area contributed by atoms with Crippen LogP contribution >= 0.6 is 0 Å². The lowest BCUT2D eigenvalue weighted by molar-refractivity contribution is -0.139. The average Bonchev–Trinajstić information content (AvgIpc) is 2.38. The van der Waals surface area contributed by atoms with Gasteiger partial charge >= 0.3 is 0 Å². The van der Waals surface area contributed by atoms with E-state index in [0.29, 0.717) is 19.8 Å². The third-order valence-corrected chi connectivity index (χ3v) is 3.07. The zero-order chi connectivity index (χ0) is 16.3. The molecule has 5 heteroatoms. The molecule has 21 heavy (non-hydrogen) atoms. The van der Waals surface area contributed by atoms with Crippen molar-refractivity contribution in [1.29, 1.82) is 0 Å². The van der Waals surface area contributed by atoms with Gasteiger partial charge in [-0.05, 0) is 47.5 Å². The maximum absolute atomic E-state index is 11.8. The van der Waals surface area contributed by atoms with Gasteiger partial charge < -0.3 is 19.1 Å². The van der Waals surface area contributed by atoms with Gasteiger partial charge in [0.15, 0.2) is 0 Å². The molecule has 0 atom stereocenters. The van der Waals surface area contributed by atoms with E-state index in [-0.39, 0.29) is 24.2 Å². The topological polar surface area (TPSA) is 48.0 Å². The molecule has 0 saturated carbocycles. The molecule has 0 fully saturated rings. The lowest BCUT2D eigenvalue weighted by atomic mass is 10.1. The van der Waals surface area contributed by atoms with Crippen LogP contribution in [0.1, 0.15) is 47.5 Å². The summed E-state index contributed by atoms with van der Waals surface area (Å²) in [7, 11) is 1.80. The number of amides is 1. The van der Waals surface area contributed by atoms with Crippen molar-refractivity contribution >= 4 is 5.91 Å². The first-order valence-electron chi connectivity index (χ1n) is 7.79. The molecule has 0 aromatic heterocycles. The van der Waals surface area contributed by atoms with Crippen molar-refractivity contribution < 1.29 is 19.0 Å². The Kier molecular flexibility index (Phi) is 10.6. The summed E-state index contributed by atoms with van der Waals surface area (Å²) < 4.78 is 16.3. The van der Waals surface area contributed by atoms with E-state index in [2.05, 4.69) is 0 Å². The van der Waals surface area contributed by atoms with Crippen LogP contribution in [0, 0.1) is 0 Å². The van der Waals surface area contributed by atoms with Crippen molar-refractivity contribution in [3.8, 4) is 0 Å². The fraction of sp³-hybridized carbons (Fsp3) is 0.938. The second kappa shape index (κ2) is 11.0. The quantitative estimate of drug-likeness (QED) is 0.550. The highest BCUT2D eigenvalue weighted by Gasteiger charge is 2.21. The minimum Gasteiger partial charge on any atom is -0.381 e. The molecule has 0 aromatic rings. The van der Waals surface area contributed by atoms with E-state index in [1.54, 1.807) is 11.9 Å². The standard InChI is InChI=1S/C16H33NO4/c1-14(2)21-12-8-10-19-9-7-11-20-13-15(18)17(6)16(3,4)5/h14H,7-13H2,1-6H3. The third-order valence-electron chi connectivity index (χ3n) is 3.07. The Balaban J connectivity index is 3.39. The Morgan fingerprint density at radius 2 is 1.52 bits per heavy atom. The Labute approximate surface area is 129 Å². The van der Waals surface area contributed by atoms with Gasteiger partial charge in [-0.3, -0.25) is 4.79 Å². The number of hydrogen-bond donors (Lipinski definition) is 0. The summed E-state index contributed by atoms with van der Waals surface area (Å²) in [5.41, 5.74) is -0.165. The average molecular weight is 303 g/mol. The van der Waals surface area contributed by atoms with Gasteiger partial charge in [-0.2, -0.15) is 0 Å². The first kappa shape index (κ1) is 20.3. The highest BCUT2D eigenvalue weighted by atomic mass is 16.5. The largest absolute Gasteiger partial charge is 0.381 e. The molecular formula is C16H33NO4. The minimum absolute atomic E-state index is 0.00857. The van der Waals surface area contributed by atoms with Crippen molar-refractivity contribution in [3.63, 3.8) is 0 Å². The summed E-state index contributed by atoms with van der Waals surface area (Å²) >= 11 is 0. The number of likely N-dealkylation sites (N-methyl/N-ethyl adjacent to an activating group) is 1. The summed E-state index contributed by atoms with van der Waals surface area (Å²) in [6, 6.07) is 0. The van der Waals surface area contributed by atoms with Crippen LogP contribution in [0.4, 0.5) is 0 Å². The van der Waals surface area contributed by atoms with Crippen LogP contribution in [0.15, 0.2) is 0 Å². The van der Waals surface area contributed by atoms with E-state index in [0.717, 1.165) is 19.4 Å². The lowest BCUT2D eigenvalue weighted by Crippen LogP contribution is -2.44. The van der Waals surface area contributed by atoms with E-state index in [4.69, 9.17) is 14.2 Å². The van der Waals surface area contributed by atoms with Crippen LogP contribution in [0.25, 0.3) is 0 Å². The predicted octanol–water partition coefficient (Wildman–Crippen LogP) is 2.48. The Morgan fingerprint density at radius 1 is 1.00 bits per heavy atom. The molecule has 126 valence electrons. The van der Waals surface area contributed by atoms with Crippen molar-refractivity contribution in [2.75, 3.05) is 40.1 Å². The van der Waals surface area contributed by atoms with Crippen LogP contribution in [-0.2, 0) is 19.0 Å². The number of ether oxygens (including phenoxy) is 3. The van der Waals surface area contributed by atoms with Crippen molar-refractivity contribution in [2.24, 2.45) is 0 Å². The van der Waals surface area contributed by atoms with Crippen molar-refractivity contribution in [2.45, 2.75) is 59.1 Å². The lowest BCUT2D eigenvalue weighted by Gasteiger charge is -2.31. The number of rotatable bonds is 11.